The van der Waals surface area contributed by atoms with E-state index in [2.05, 4.69) is 34.6 Å². The van der Waals surface area contributed by atoms with Crippen LogP contribution in [-0.4, -0.2) is 33.3 Å². The molecule has 6 nitrogen and oxygen atoms in total. The van der Waals surface area contributed by atoms with Gasteiger partial charge in [-0.3, -0.25) is 0 Å². The number of hydrogen-bond acceptors (Lipinski definition) is 5. The zero-order chi connectivity index (χ0) is 13.5. The second-order valence-corrected chi connectivity index (χ2v) is 4.99. The number of tetrazole rings is 1. The Kier molecular flexibility index (Phi) is 5.09. The van der Waals surface area contributed by atoms with E-state index in [9.17, 15) is 0 Å². The summed E-state index contributed by atoms with van der Waals surface area (Å²) in [7, 11) is 0. The summed E-state index contributed by atoms with van der Waals surface area (Å²) in [5.74, 6) is 1.90. The number of nitrogens with one attached hydrogen (secondary N) is 1. The van der Waals surface area contributed by atoms with Crippen molar-refractivity contribution < 1.29 is 4.42 Å². The molecule has 104 valence electrons. The van der Waals surface area contributed by atoms with Gasteiger partial charge in [-0.1, -0.05) is 13.8 Å². The molecule has 2 rings (SSSR count). The molecule has 0 bridgehead atoms. The molecule has 0 spiro atoms. The topological polar surface area (TPSA) is 68.8 Å². The van der Waals surface area contributed by atoms with Crippen molar-refractivity contribution in [1.29, 1.82) is 0 Å². The smallest absolute Gasteiger partial charge is 0.240 e. The van der Waals surface area contributed by atoms with Crippen LogP contribution in [0.1, 0.15) is 26.7 Å². The fourth-order valence-electron chi connectivity index (χ4n) is 1.74. The molecule has 0 amide bonds. The van der Waals surface area contributed by atoms with Gasteiger partial charge in [0.05, 0.1) is 12.8 Å². The average molecular weight is 263 g/mol. The Hall–Kier alpha value is -1.69. The van der Waals surface area contributed by atoms with Crippen LogP contribution in [-0.2, 0) is 6.54 Å². The zero-order valence-corrected chi connectivity index (χ0v) is 11.5. The number of aromatic nitrogens is 4. The SMILES string of the molecule is CC(C)CNCCCCn1nnc(-c2ccco2)n1. The van der Waals surface area contributed by atoms with Crippen LogP contribution in [0.15, 0.2) is 22.8 Å². The Morgan fingerprint density at radius 1 is 1.37 bits per heavy atom. The molecular weight excluding hydrogens is 242 g/mol. The molecule has 0 saturated carbocycles. The molecule has 0 aliphatic rings. The molecule has 0 aromatic carbocycles. The van der Waals surface area contributed by atoms with Crippen LogP contribution >= 0.6 is 0 Å². The van der Waals surface area contributed by atoms with Gasteiger partial charge in [-0.15, -0.1) is 10.2 Å². The van der Waals surface area contributed by atoms with Crippen molar-refractivity contribution in [2.24, 2.45) is 5.92 Å². The van der Waals surface area contributed by atoms with Gasteiger partial charge in [0.25, 0.3) is 0 Å². The summed E-state index contributed by atoms with van der Waals surface area (Å²) in [6.45, 7) is 7.32. The highest BCUT2D eigenvalue weighted by molar-refractivity contribution is 5.43. The van der Waals surface area contributed by atoms with Gasteiger partial charge in [0.1, 0.15) is 0 Å². The van der Waals surface area contributed by atoms with Gasteiger partial charge in [-0.25, -0.2) is 0 Å². The lowest BCUT2D eigenvalue weighted by molar-refractivity contribution is 0.469. The summed E-state index contributed by atoms with van der Waals surface area (Å²) in [5.41, 5.74) is 0. The van der Waals surface area contributed by atoms with E-state index in [1.807, 2.05) is 12.1 Å². The van der Waals surface area contributed by atoms with E-state index in [0.29, 0.717) is 17.5 Å². The lowest BCUT2D eigenvalue weighted by Crippen LogP contribution is -2.21. The van der Waals surface area contributed by atoms with Gasteiger partial charge in [0.15, 0.2) is 5.76 Å². The average Bonchev–Trinajstić information content (AvgIpc) is 3.03. The summed E-state index contributed by atoms with van der Waals surface area (Å²) in [4.78, 5) is 1.63. The lowest BCUT2D eigenvalue weighted by Gasteiger charge is -2.06. The third-order valence-electron chi connectivity index (χ3n) is 2.71. The lowest BCUT2D eigenvalue weighted by atomic mass is 10.2. The number of unbranched alkanes of at least 4 members (excludes halogenated alkanes) is 1. The van der Waals surface area contributed by atoms with E-state index in [4.69, 9.17) is 4.42 Å². The van der Waals surface area contributed by atoms with Crippen LogP contribution in [0, 0.1) is 5.92 Å². The van der Waals surface area contributed by atoms with Crippen molar-refractivity contribution in [1.82, 2.24) is 25.5 Å². The van der Waals surface area contributed by atoms with Crippen molar-refractivity contribution in [3.63, 3.8) is 0 Å². The Bertz CT molecular complexity index is 463. The Labute approximate surface area is 113 Å². The van der Waals surface area contributed by atoms with Gasteiger partial charge in [0.2, 0.25) is 5.82 Å². The summed E-state index contributed by atoms with van der Waals surface area (Å²) < 4.78 is 5.22. The molecule has 0 atom stereocenters. The van der Waals surface area contributed by atoms with E-state index in [1.54, 1.807) is 11.1 Å². The maximum absolute atomic E-state index is 5.22. The quantitative estimate of drug-likeness (QED) is 0.737. The Morgan fingerprint density at radius 3 is 3.00 bits per heavy atom. The minimum absolute atomic E-state index is 0.544. The van der Waals surface area contributed by atoms with E-state index in [1.165, 1.54) is 0 Å². The minimum atomic E-state index is 0.544. The summed E-state index contributed by atoms with van der Waals surface area (Å²) >= 11 is 0. The van der Waals surface area contributed by atoms with Gasteiger partial charge in [-0.2, -0.15) is 4.80 Å². The fraction of sp³-hybridized carbons (Fsp3) is 0.615. The fourth-order valence-corrected chi connectivity index (χ4v) is 1.74. The molecule has 2 heterocycles. The maximum Gasteiger partial charge on any atom is 0.240 e. The molecule has 2 aromatic rings. The maximum atomic E-state index is 5.22. The molecule has 1 N–H and O–H groups in total. The summed E-state index contributed by atoms with van der Waals surface area (Å²) in [5, 5.41) is 15.7. The third kappa shape index (κ3) is 4.48. The normalized spacial score (nSPS) is 11.3. The van der Waals surface area contributed by atoms with E-state index in [-0.39, 0.29) is 0 Å². The van der Waals surface area contributed by atoms with Crippen LogP contribution < -0.4 is 5.32 Å². The van der Waals surface area contributed by atoms with Crippen molar-refractivity contribution in [2.45, 2.75) is 33.2 Å². The Morgan fingerprint density at radius 2 is 2.26 bits per heavy atom. The number of furan rings is 1. The predicted molar refractivity (Wildman–Crippen MR) is 72.5 cm³/mol. The minimum Gasteiger partial charge on any atom is -0.461 e. The molecule has 0 saturated heterocycles. The van der Waals surface area contributed by atoms with Crippen LogP contribution in [0.5, 0.6) is 0 Å². The van der Waals surface area contributed by atoms with E-state index >= 15 is 0 Å². The molecular formula is C13H21N5O. The molecule has 6 heteroatoms. The predicted octanol–water partition coefficient (Wildman–Crippen LogP) is 1.96. The van der Waals surface area contributed by atoms with Gasteiger partial charge < -0.3 is 9.73 Å². The number of rotatable bonds is 8. The largest absolute Gasteiger partial charge is 0.461 e. The van der Waals surface area contributed by atoms with Crippen LogP contribution in [0.2, 0.25) is 0 Å². The number of aryl methyl sites for hydroxylation is 1. The Balaban J connectivity index is 1.67. The first kappa shape index (κ1) is 13.7. The molecule has 2 aromatic heterocycles. The molecule has 0 aliphatic heterocycles. The zero-order valence-electron chi connectivity index (χ0n) is 11.5. The van der Waals surface area contributed by atoms with Crippen molar-refractivity contribution in [3.05, 3.63) is 18.4 Å². The van der Waals surface area contributed by atoms with Gasteiger partial charge in [0, 0.05) is 0 Å². The van der Waals surface area contributed by atoms with Gasteiger partial charge >= 0.3 is 0 Å². The van der Waals surface area contributed by atoms with Gasteiger partial charge in [-0.05, 0) is 49.2 Å². The highest BCUT2D eigenvalue weighted by Crippen LogP contribution is 2.12. The van der Waals surface area contributed by atoms with E-state index in [0.717, 1.165) is 32.5 Å². The van der Waals surface area contributed by atoms with Crippen LogP contribution in [0.4, 0.5) is 0 Å². The van der Waals surface area contributed by atoms with Crippen molar-refractivity contribution in [3.8, 4) is 11.6 Å². The van der Waals surface area contributed by atoms with Crippen LogP contribution in [0.3, 0.4) is 0 Å². The molecule has 0 radical (unpaired) electrons. The first-order chi connectivity index (χ1) is 9.25. The van der Waals surface area contributed by atoms with Crippen LogP contribution in [0.25, 0.3) is 11.6 Å². The first-order valence-electron chi connectivity index (χ1n) is 6.78. The summed E-state index contributed by atoms with van der Waals surface area (Å²) in [6, 6.07) is 3.65. The highest BCUT2D eigenvalue weighted by atomic mass is 16.3. The molecule has 19 heavy (non-hydrogen) atoms. The van der Waals surface area contributed by atoms with Crippen molar-refractivity contribution in [2.75, 3.05) is 13.1 Å². The standard InChI is InChI=1S/C13H21N5O/c1-11(2)10-14-7-3-4-8-18-16-13(15-17-18)12-6-5-9-19-12/h5-6,9,11,14H,3-4,7-8,10H2,1-2H3. The molecule has 0 unspecified atom stereocenters. The number of hydrogen-bond donors (Lipinski definition) is 1. The first-order valence-corrected chi connectivity index (χ1v) is 6.78. The van der Waals surface area contributed by atoms with Crippen molar-refractivity contribution >= 4 is 0 Å². The monoisotopic (exact) mass is 263 g/mol. The highest BCUT2D eigenvalue weighted by Gasteiger charge is 2.07. The molecule has 0 fully saturated rings. The molecule has 0 aliphatic carbocycles. The van der Waals surface area contributed by atoms with E-state index < -0.39 is 0 Å². The second-order valence-electron chi connectivity index (χ2n) is 4.99. The summed E-state index contributed by atoms with van der Waals surface area (Å²) in [6.07, 6.45) is 3.76. The third-order valence-corrected chi connectivity index (χ3v) is 2.71. The number of nitrogens with zero attached hydrogens (tertiary/aromatic N) is 4. The second kappa shape index (κ2) is 7.04.